The summed E-state index contributed by atoms with van der Waals surface area (Å²) in [6.45, 7) is 3.91. The molecule has 1 aromatic heterocycles. The number of esters is 1. The molecular formula is C16H19NO3. The number of rotatable bonds is 6. The third-order valence-electron chi connectivity index (χ3n) is 3.17. The number of hydrogen-bond donors (Lipinski definition) is 0. The monoisotopic (exact) mass is 273 g/mol. The van der Waals surface area contributed by atoms with Crippen molar-refractivity contribution >= 4 is 17.8 Å². The van der Waals surface area contributed by atoms with Gasteiger partial charge in [-0.05, 0) is 55.9 Å². The Morgan fingerprint density at radius 3 is 2.75 bits per heavy atom. The summed E-state index contributed by atoms with van der Waals surface area (Å²) in [5, 5.41) is 0. The molecule has 1 aromatic rings. The average Bonchev–Trinajstić information content (AvgIpc) is 3.20. The second-order valence-corrected chi connectivity index (χ2v) is 5.14. The Morgan fingerprint density at radius 1 is 1.40 bits per heavy atom. The van der Waals surface area contributed by atoms with Crippen LogP contribution in [0.5, 0.6) is 0 Å². The lowest BCUT2D eigenvalue weighted by molar-refractivity contribution is -0.139. The van der Waals surface area contributed by atoms with Gasteiger partial charge in [0.25, 0.3) is 0 Å². The molecule has 20 heavy (non-hydrogen) atoms. The smallest absolute Gasteiger partial charge is 0.341 e. The predicted octanol–water partition coefficient (Wildman–Crippen LogP) is 2.71. The summed E-state index contributed by atoms with van der Waals surface area (Å²) in [6, 6.07) is 1.89. The maximum atomic E-state index is 12.2. The number of pyridine rings is 1. The zero-order chi connectivity index (χ0) is 14.5. The first-order valence-corrected chi connectivity index (χ1v) is 6.93. The minimum absolute atomic E-state index is 0.131. The maximum absolute atomic E-state index is 12.2. The number of aryl methyl sites for hydroxylation is 1. The van der Waals surface area contributed by atoms with Gasteiger partial charge < -0.3 is 4.74 Å². The van der Waals surface area contributed by atoms with Gasteiger partial charge in [-0.25, -0.2) is 4.79 Å². The van der Waals surface area contributed by atoms with Crippen LogP contribution < -0.4 is 0 Å². The predicted molar refractivity (Wildman–Crippen MR) is 75.9 cm³/mol. The van der Waals surface area contributed by atoms with Gasteiger partial charge in [0.2, 0.25) is 0 Å². The number of carbonyl (C=O) groups is 2. The molecule has 0 unspecified atom stereocenters. The molecule has 4 heteroatoms. The van der Waals surface area contributed by atoms with E-state index in [-0.39, 0.29) is 18.0 Å². The second-order valence-electron chi connectivity index (χ2n) is 5.14. The molecule has 0 N–H and O–H groups in total. The van der Waals surface area contributed by atoms with Crippen molar-refractivity contribution in [3.05, 3.63) is 35.2 Å². The fraction of sp³-hybridized carbons (Fsp3) is 0.438. The third-order valence-corrected chi connectivity index (χ3v) is 3.17. The van der Waals surface area contributed by atoms with Crippen molar-refractivity contribution < 1.29 is 14.3 Å². The number of hydrogen-bond acceptors (Lipinski definition) is 4. The van der Waals surface area contributed by atoms with E-state index in [1.807, 2.05) is 13.0 Å². The van der Waals surface area contributed by atoms with E-state index in [1.165, 1.54) is 0 Å². The molecule has 0 radical (unpaired) electrons. The zero-order valence-electron chi connectivity index (χ0n) is 11.9. The van der Waals surface area contributed by atoms with Gasteiger partial charge in [0, 0.05) is 18.8 Å². The van der Waals surface area contributed by atoms with E-state index in [2.05, 4.69) is 4.98 Å². The highest BCUT2D eigenvalue weighted by Crippen LogP contribution is 2.33. The molecule has 0 amide bonds. The van der Waals surface area contributed by atoms with Crippen molar-refractivity contribution in [1.29, 1.82) is 0 Å². The van der Waals surface area contributed by atoms with Gasteiger partial charge in [-0.3, -0.25) is 9.78 Å². The molecule has 1 aliphatic rings. The highest BCUT2D eigenvalue weighted by Gasteiger charge is 2.28. The molecule has 4 nitrogen and oxygen atoms in total. The van der Waals surface area contributed by atoms with Gasteiger partial charge in [-0.2, -0.15) is 0 Å². The van der Waals surface area contributed by atoms with Crippen molar-refractivity contribution in [3.63, 3.8) is 0 Å². The third kappa shape index (κ3) is 4.02. The summed E-state index contributed by atoms with van der Waals surface area (Å²) in [5.41, 5.74) is 1.86. The Bertz CT molecular complexity index is 544. The molecule has 0 aromatic carbocycles. The summed E-state index contributed by atoms with van der Waals surface area (Å²) >= 11 is 0. The Kier molecular flexibility index (Phi) is 4.66. The minimum Gasteiger partial charge on any atom is -0.462 e. The van der Waals surface area contributed by atoms with Crippen LogP contribution in [0, 0.1) is 12.8 Å². The molecule has 1 fully saturated rings. The van der Waals surface area contributed by atoms with Crippen LogP contribution in [0.3, 0.4) is 0 Å². The van der Waals surface area contributed by atoms with Crippen LogP contribution in [0.2, 0.25) is 0 Å². The molecule has 2 rings (SSSR count). The van der Waals surface area contributed by atoms with E-state index >= 15 is 0 Å². The van der Waals surface area contributed by atoms with Gasteiger partial charge in [0.15, 0.2) is 5.78 Å². The zero-order valence-corrected chi connectivity index (χ0v) is 11.9. The van der Waals surface area contributed by atoms with Gasteiger partial charge >= 0.3 is 5.97 Å². The SMILES string of the molecule is CCOC(=O)/C(=C\c1cncc(C)c1)C(=O)CC1CC1. The van der Waals surface area contributed by atoms with Crippen LogP contribution in [0.15, 0.2) is 24.0 Å². The normalized spacial score (nSPS) is 15.0. The number of Topliss-reactive ketones (excluding diaryl/α,β-unsaturated/α-hetero) is 1. The van der Waals surface area contributed by atoms with E-state index in [0.29, 0.717) is 12.3 Å². The van der Waals surface area contributed by atoms with Gasteiger partial charge in [0.1, 0.15) is 5.57 Å². The van der Waals surface area contributed by atoms with Gasteiger partial charge in [-0.15, -0.1) is 0 Å². The number of ether oxygens (including phenoxy) is 1. The minimum atomic E-state index is -0.542. The topological polar surface area (TPSA) is 56.3 Å². The molecule has 106 valence electrons. The Balaban J connectivity index is 2.24. The van der Waals surface area contributed by atoms with Crippen LogP contribution >= 0.6 is 0 Å². The molecule has 0 aliphatic heterocycles. The number of ketones is 1. The Morgan fingerprint density at radius 2 is 2.15 bits per heavy atom. The highest BCUT2D eigenvalue weighted by molar-refractivity contribution is 6.20. The van der Waals surface area contributed by atoms with Crippen molar-refractivity contribution in [2.45, 2.75) is 33.1 Å². The number of aromatic nitrogens is 1. The van der Waals surface area contributed by atoms with Crippen molar-refractivity contribution in [2.75, 3.05) is 6.61 Å². The molecule has 0 atom stereocenters. The Hall–Kier alpha value is -1.97. The highest BCUT2D eigenvalue weighted by atomic mass is 16.5. The molecular weight excluding hydrogens is 254 g/mol. The quantitative estimate of drug-likeness (QED) is 0.346. The standard InChI is InChI=1S/C16H19NO3/c1-3-20-16(19)14(15(18)8-12-4-5-12)7-13-6-11(2)9-17-10-13/h6-7,9-10,12H,3-5,8H2,1-2H3/b14-7-. The first-order valence-electron chi connectivity index (χ1n) is 6.93. The average molecular weight is 273 g/mol. The number of nitrogens with zero attached hydrogens (tertiary/aromatic N) is 1. The molecule has 1 saturated carbocycles. The molecule has 1 aliphatic carbocycles. The van der Waals surface area contributed by atoms with Gasteiger partial charge in [-0.1, -0.05) is 0 Å². The Labute approximate surface area is 118 Å². The summed E-state index contributed by atoms with van der Waals surface area (Å²) in [7, 11) is 0. The largest absolute Gasteiger partial charge is 0.462 e. The van der Waals surface area contributed by atoms with E-state index < -0.39 is 5.97 Å². The summed E-state index contributed by atoms with van der Waals surface area (Å²) < 4.78 is 4.98. The summed E-state index contributed by atoms with van der Waals surface area (Å²) in [5.74, 6) is -0.233. The second kappa shape index (κ2) is 6.46. The van der Waals surface area contributed by atoms with Crippen LogP contribution in [0.4, 0.5) is 0 Å². The van der Waals surface area contributed by atoms with Crippen molar-refractivity contribution in [2.24, 2.45) is 5.92 Å². The van der Waals surface area contributed by atoms with Gasteiger partial charge in [0.05, 0.1) is 6.61 Å². The summed E-state index contributed by atoms with van der Waals surface area (Å²) in [6.07, 6.45) is 7.54. The first-order chi connectivity index (χ1) is 9.60. The first kappa shape index (κ1) is 14.4. The lowest BCUT2D eigenvalue weighted by atomic mass is 10.0. The number of carbonyl (C=O) groups excluding carboxylic acids is 2. The van der Waals surface area contributed by atoms with Crippen LogP contribution in [0.25, 0.3) is 6.08 Å². The maximum Gasteiger partial charge on any atom is 0.341 e. The van der Waals surface area contributed by atoms with E-state index in [4.69, 9.17) is 4.74 Å². The van der Waals surface area contributed by atoms with E-state index in [9.17, 15) is 9.59 Å². The van der Waals surface area contributed by atoms with E-state index in [0.717, 1.165) is 24.0 Å². The molecule has 0 saturated heterocycles. The lowest BCUT2D eigenvalue weighted by Gasteiger charge is -2.06. The fourth-order valence-corrected chi connectivity index (χ4v) is 1.98. The lowest BCUT2D eigenvalue weighted by Crippen LogP contribution is -2.16. The molecule has 0 bridgehead atoms. The van der Waals surface area contributed by atoms with Crippen LogP contribution in [0.1, 0.15) is 37.3 Å². The van der Waals surface area contributed by atoms with Crippen molar-refractivity contribution in [3.8, 4) is 0 Å². The summed E-state index contributed by atoms with van der Waals surface area (Å²) in [4.78, 5) is 28.2. The van der Waals surface area contributed by atoms with Crippen molar-refractivity contribution in [1.82, 2.24) is 4.98 Å². The van der Waals surface area contributed by atoms with Crippen LogP contribution in [-0.2, 0) is 14.3 Å². The molecule has 1 heterocycles. The van der Waals surface area contributed by atoms with Crippen LogP contribution in [-0.4, -0.2) is 23.3 Å². The fourth-order valence-electron chi connectivity index (χ4n) is 1.98. The van der Waals surface area contributed by atoms with E-state index in [1.54, 1.807) is 25.4 Å². The molecule has 0 spiro atoms.